The molecule has 2 heterocycles. The van der Waals surface area contributed by atoms with Gasteiger partial charge in [-0.2, -0.15) is 4.72 Å². The van der Waals surface area contributed by atoms with Gasteiger partial charge in [-0.25, -0.2) is 8.42 Å². The smallest absolute Gasteiger partial charge is 0.323 e. The van der Waals surface area contributed by atoms with Gasteiger partial charge in [0, 0.05) is 26.1 Å². The summed E-state index contributed by atoms with van der Waals surface area (Å²) in [6.07, 6.45) is 2.81. The molecule has 2 aliphatic heterocycles. The molecule has 176 valence electrons. The highest BCUT2D eigenvalue weighted by atomic mass is 32.2. The second-order valence-corrected chi connectivity index (χ2v) is 9.34. The Morgan fingerprint density at radius 3 is 2.84 bits per heavy atom. The topological polar surface area (TPSA) is 171 Å². The summed E-state index contributed by atoms with van der Waals surface area (Å²) in [4.78, 5) is 33.0. The first-order valence-corrected chi connectivity index (χ1v) is 12.2. The first-order chi connectivity index (χ1) is 14.8. The van der Waals surface area contributed by atoms with Gasteiger partial charge in [0.1, 0.15) is 12.1 Å². The maximum Gasteiger partial charge on any atom is 0.323 e. The number of sulfonamides is 1. The van der Waals surface area contributed by atoms with Crippen molar-refractivity contribution in [3.8, 4) is 0 Å². The number of hydrogen-bond acceptors (Lipinski definition) is 9. The average molecular weight is 461 g/mol. The van der Waals surface area contributed by atoms with Gasteiger partial charge < -0.3 is 25.9 Å². The molecule has 0 spiro atoms. The average Bonchev–Trinajstić information content (AvgIpc) is 3.39. The fourth-order valence-electron chi connectivity index (χ4n) is 3.04. The molecule has 0 radical (unpaired) electrons. The Labute approximate surface area is 182 Å². The number of amides is 1. The minimum absolute atomic E-state index is 0.0148. The monoisotopic (exact) mass is 460 g/mol. The number of carbonyl (C=O) groups excluding carboxylic acids is 1. The molecule has 5 N–H and O–H groups in total. The quantitative estimate of drug-likeness (QED) is 0.208. The third-order valence-corrected chi connectivity index (χ3v) is 6.18. The van der Waals surface area contributed by atoms with Gasteiger partial charge in [-0.1, -0.05) is 18.5 Å². The standard InChI is InChI=1S/C18H32N6O6S/c1-2-3-9-31(28,29)24-15(17(26)27)12-22-16(25)11-14-10-13(23-30-14)5-4-6-19-18-20-7-8-21-18/h14-15,24H,2-12H2,1H3,(H,22,25)(H,26,27)(H2,19,20,21). The van der Waals surface area contributed by atoms with Gasteiger partial charge in [-0.15, -0.1) is 0 Å². The van der Waals surface area contributed by atoms with E-state index >= 15 is 0 Å². The predicted molar refractivity (Wildman–Crippen MR) is 115 cm³/mol. The highest BCUT2D eigenvalue weighted by Gasteiger charge is 2.27. The van der Waals surface area contributed by atoms with Crippen molar-refractivity contribution in [1.29, 1.82) is 0 Å². The van der Waals surface area contributed by atoms with E-state index in [0.29, 0.717) is 19.3 Å². The van der Waals surface area contributed by atoms with Gasteiger partial charge in [0.05, 0.1) is 24.4 Å². The van der Waals surface area contributed by atoms with Crippen molar-refractivity contribution in [1.82, 2.24) is 20.7 Å². The molecule has 1 amide bonds. The third kappa shape index (κ3) is 9.51. The first-order valence-electron chi connectivity index (χ1n) is 10.5. The van der Waals surface area contributed by atoms with Crippen LogP contribution in [0.25, 0.3) is 0 Å². The summed E-state index contributed by atoms with van der Waals surface area (Å²) in [6.45, 7) is 3.88. The summed E-state index contributed by atoms with van der Waals surface area (Å²) < 4.78 is 25.9. The van der Waals surface area contributed by atoms with Crippen molar-refractivity contribution in [2.24, 2.45) is 10.1 Å². The zero-order chi connectivity index (χ0) is 22.7. The lowest BCUT2D eigenvalue weighted by Gasteiger charge is -2.16. The summed E-state index contributed by atoms with van der Waals surface area (Å²) in [5.41, 5.74) is 0.869. The predicted octanol–water partition coefficient (Wildman–Crippen LogP) is -0.861. The normalized spacial score (nSPS) is 19.1. The van der Waals surface area contributed by atoms with Gasteiger partial charge >= 0.3 is 5.97 Å². The van der Waals surface area contributed by atoms with Crippen molar-refractivity contribution in [2.75, 3.05) is 31.9 Å². The van der Waals surface area contributed by atoms with Crippen LogP contribution in [0, 0.1) is 0 Å². The van der Waals surface area contributed by atoms with E-state index in [2.05, 4.69) is 30.8 Å². The molecule has 0 saturated heterocycles. The van der Waals surface area contributed by atoms with Gasteiger partial charge in [-0.3, -0.25) is 14.6 Å². The van der Waals surface area contributed by atoms with Crippen LogP contribution in [0.1, 0.15) is 45.4 Å². The fourth-order valence-corrected chi connectivity index (χ4v) is 4.45. The van der Waals surface area contributed by atoms with Crippen molar-refractivity contribution in [3.63, 3.8) is 0 Å². The molecule has 0 saturated carbocycles. The Kier molecular flexibility index (Phi) is 9.98. The van der Waals surface area contributed by atoms with Crippen LogP contribution in [-0.4, -0.2) is 81.1 Å². The molecule has 0 aromatic carbocycles. The Hall–Kier alpha value is -2.41. The molecule has 0 aromatic heterocycles. The zero-order valence-corrected chi connectivity index (χ0v) is 18.5. The number of carboxylic acids is 1. The number of rotatable bonds is 14. The molecule has 2 aliphatic rings. The number of oxime groups is 1. The van der Waals surface area contributed by atoms with Crippen LogP contribution in [0.3, 0.4) is 0 Å². The number of aliphatic carboxylic acids is 1. The molecule has 13 heteroatoms. The Bertz CT molecular complexity index is 784. The molecule has 0 fully saturated rings. The Morgan fingerprint density at radius 2 is 2.16 bits per heavy atom. The van der Waals surface area contributed by atoms with E-state index in [9.17, 15) is 23.1 Å². The number of nitrogens with zero attached hydrogens (tertiary/aromatic N) is 2. The minimum Gasteiger partial charge on any atom is -0.480 e. The lowest BCUT2D eigenvalue weighted by molar-refractivity contribution is -0.138. The lowest BCUT2D eigenvalue weighted by atomic mass is 10.1. The van der Waals surface area contributed by atoms with E-state index in [0.717, 1.165) is 44.1 Å². The van der Waals surface area contributed by atoms with Crippen LogP contribution in [-0.2, 0) is 24.4 Å². The van der Waals surface area contributed by atoms with Gasteiger partial charge in [0.15, 0.2) is 5.96 Å². The highest BCUT2D eigenvalue weighted by Crippen LogP contribution is 2.16. The highest BCUT2D eigenvalue weighted by molar-refractivity contribution is 7.89. The molecule has 0 aromatic rings. The van der Waals surface area contributed by atoms with Crippen molar-refractivity contribution in [3.05, 3.63) is 0 Å². The van der Waals surface area contributed by atoms with E-state index < -0.39 is 34.0 Å². The number of carboxylic acid groups (broad SMARTS) is 1. The number of aliphatic imine (C=N–C) groups is 1. The van der Waals surface area contributed by atoms with E-state index in [4.69, 9.17) is 4.84 Å². The molecule has 2 atom stereocenters. The van der Waals surface area contributed by atoms with E-state index in [1.165, 1.54) is 0 Å². The molecule has 31 heavy (non-hydrogen) atoms. The maximum atomic E-state index is 12.1. The summed E-state index contributed by atoms with van der Waals surface area (Å²) in [5, 5.41) is 22.0. The van der Waals surface area contributed by atoms with Crippen LogP contribution < -0.4 is 20.7 Å². The third-order valence-electron chi connectivity index (χ3n) is 4.71. The van der Waals surface area contributed by atoms with Crippen molar-refractivity contribution in [2.45, 2.75) is 57.6 Å². The summed E-state index contributed by atoms with van der Waals surface area (Å²) in [6, 6.07) is -1.42. The molecule has 2 unspecified atom stereocenters. The van der Waals surface area contributed by atoms with Crippen LogP contribution in [0.5, 0.6) is 0 Å². The van der Waals surface area contributed by atoms with Gasteiger partial charge in [0.25, 0.3) is 0 Å². The number of nitrogens with one attached hydrogen (secondary N) is 4. The molecule has 0 aliphatic carbocycles. The summed E-state index contributed by atoms with van der Waals surface area (Å²) in [7, 11) is -3.72. The summed E-state index contributed by atoms with van der Waals surface area (Å²) >= 11 is 0. The van der Waals surface area contributed by atoms with E-state index in [-0.39, 0.29) is 18.7 Å². The Morgan fingerprint density at radius 1 is 1.35 bits per heavy atom. The number of unbranched alkanes of at least 4 members (excludes halogenated alkanes) is 1. The fraction of sp³-hybridized carbons (Fsp3) is 0.778. The number of carbonyl (C=O) groups is 2. The molecule has 0 bridgehead atoms. The molecular formula is C18H32N6O6S. The van der Waals surface area contributed by atoms with Crippen LogP contribution >= 0.6 is 0 Å². The van der Waals surface area contributed by atoms with E-state index in [1.54, 1.807) is 0 Å². The van der Waals surface area contributed by atoms with Crippen LogP contribution in [0.2, 0.25) is 0 Å². The minimum atomic E-state index is -3.72. The number of guanidine groups is 1. The van der Waals surface area contributed by atoms with Gasteiger partial charge in [-0.05, 0) is 19.3 Å². The van der Waals surface area contributed by atoms with Crippen LogP contribution in [0.15, 0.2) is 10.1 Å². The SMILES string of the molecule is CCCCS(=O)(=O)NC(CNC(=O)CC1CC(CCCNC2=NCCN2)=NO1)C(=O)O. The zero-order valence-electron chi connectivity index (χ0n) is 17.7. The largest absolute Gasteiger partial charge is 0.480 e. The Balaban J connectivity index is 1.64. The molecular weight excluding hydrogens is 428 g/mol. The van der Waals surface area contributed by atoms with Crippen molar-refractivity contribution >= 4 is 33.6 Å². The second kappa shape index (κ2) is 12.4. The maximum absolute atomic E-state index is 12.1. The first kappa shape index (κ1) is 24.9. The van der Waals surface area contributed by atoms with E-state index in [1.807, 2.05) is 6.92 Å². The van der Waals surface area contributed by atoms with Crippen molar-refractivity contribution < 1.29 is 28.0 Å². The molecule has 2 rings (SSSR count). The van der Waals surface area contributed by atoms with Gasteiger partial charge in [0.2, 0.25) is 15.9 Å². The molecule has 12 nitrogen and oxygen atoms in total. The number of hydrogen-bond donors (Lipinski definition) is 5. The lowest BCUT2D eigenvalue weighted by Crippen LogP contribution is -2.49. The second-order valence-electron chi connectivity index (χ2n) is 7.47. The summed E-state index contributed by atoms with van der Waals surface area (Å²) in [5.74, 6) is -1.12. The van der Waals surface area contributed by atoms with Crippen LogP contribution in [0.4, 0.5) is 0 Å².